The van der Waals surface area contributed by atoms with Gasteiger partial charge in [-0.15, -0.1) is 11.8 Å². The van der Waals surface area contributed by atoms with E-state index in [1.807, 2.05) is 6.07 Å². The molecule has 2 amide bonds. The van der Waals surface area contributed by atoms with Crippen molar-refractivity contribution in [2.45, 2.75) is 12.6 Å². The van der Waals surface area contributed by atoms with Crippen molar-refractivity contribution < 1.29 is 14.7 Å². The Morgan fingerprint density at radius 3 is 3.11 bits per heavy atom. The normalized spacial score (nSPS) is 18.7. The zero-order valence-electron chi connectivity index (χ0n) is 9.57. The minimum atomic E-state index is -0.962. The molecule has 1 unspecified atom stereocenters. The average Bonchev–Trinajstić information content (AvgIpc) is 2.86. The van der Waals surface area contributed by atoms with Gasteiger partial charge in [-0.1, -0.05) is 6.07 Å². The highest BCUT2D eigenvalue weighted by molar-refractivity contribution is 7.99. The molecule has 0 aromatic carbocycles. The molecule has 1 aromatic heterocycles. The van der Waals surface area contributed by atoms with Gasteiger partial charge < -0.3 is 15.3 Å². The fourth-order valence-electron chi connectivity index (χ4n) is 1.63. The van der Waals surface area contributed by atoms with Crippen molar-refractivity contribution in [1.82, 2.24) is 15.2 Å². The lowest BCUT2D eigenvalue weighted by atomic mass is 10.3. The Kier molecular flexibility index (Phi) is 4.03. The van der Waals surface area contributed by atoms with Crippen molar-refractivity contribution in [1.29, 1.82) is 0 Å². The number of carbonyl (C=O) groups excluding carboxylic acids is 1. The van der Waals surface area contributed by atoms with E-state index >= 15 is 0 Å². The summed E-state index contributed by atoms with van der Waals surface area (Å²) >= 11 is 1.44. The third kappa shape index (κ3) is 2.92. The Morgan fingerprint density at radius 1 is 1.61 bits per heavy atom. The van der Waals surface area contributed by atoms with E-state index in [4.69, 9.17) is 5.11 Å². The number of thioether (sulfide) groups is 1. The summed E-state index contributed by atoms with van der Waals surface area (Å²) in [4.78, 5) is 28.1. The number of rotatable bonds is 3. The van der Waals surface area contributed by atoms with E-state index in [1.165, 1.54) is 16.7 Å². The molecule has 1 fully saturated rings. The molecule has 0 saturated carbocycles. The molecule has 6 nitrogen and oxygen atoms in total. The third-order valence-corrected chi connectivity index (χ3v) is 3.61. The minimum Gasteiger partial charge on any atom is -0.480 e. The number of carboxylic acids is 1. The number of pyridine rings is 1. The molecule has 2 heterocycles. The zero-order valence-corrected chi connectivity index (χ0v) is 10.4. The minimum absolute atomic E-state index is 0.347. The summed E-state index contributed by atoms with van der Waals surface area (Å²) in [6.45, 7) is 0.347. The highest BCUT2D eigenvalue weighted by atomic mass is 32.2. The Bertz CT molecular complexity index is 440. The molecule has 1 saturated heterocycles. The van der Waals surface area contributed by atoms with Gasteiger partial charge >= 0.3 is 12.0 Å². The van der Waals surface area contributed by atoms with Gasteiger partial charge in [0.2, 0.25) is 0 Å². The molecular weight excluding hydrogens is 254 g/mol. The Labute approximate surface area is 108 Å². The van der Waals surface area contributed by atoms with Crippen LogP contribution in [0.4, 0.5) is 4.79 Å². The molecule has 2 N–H and O–H groups in total. The lowest BCUT2D eigenvalue weighted by Gasteiger charge is -2.20. The number of urea groups is 1. The van der Waals surface area contributed by atoms with Gasteiger partial charge in [-0.05, 0) is 11.6 Å². The van der Waals surface area contributed by atoms with Gasteiger partial charge in [0, 0.05) is 24.7 Å². The molecule has 96 valence electrons. The van der Waals surface area contributed by atoms with Gasteiger partial charge in [-0.2, -0.15) is 0 Å². The van der Waals surface area contributed by atoms with Crippen molar-refractivity contribution in [2.24, 2.45) is 0 Å². The second kappa shape index (κ2) is 5.72. The van der Waals surface area contributed by atoms with E-state index < -0.39 is 12.0 Å². The first kappa shape index (κ1) is 12.7. The SMILES string of the molecule is O=C(O)C1CSCN1C(=O)NCc1cccnc1. The molecule has 1 atom stereocenters. The molecule has 1 aromatic rings. The number of amides is 2. The predicted octanol–water partition coefficient (Wildman–Crippen LogP) is 0.751. The highest BCUT2D eigenvalue weighted by Gasteiger charge is 2.34. The smallest absolute Gasteiger partial charge is 0.327 e. The van der Waals surface area contributed by atoms with E-state index in [-0.39, 0.29) is 6.03 Å². The molecule has 7 heteroatoms. The Balaban J connectivity index is 1.90. The molecular formula is C11H13N3O3S. The van der Waals surface area contributed by atoms with E-state index in [0.29, 0.717) is 18.2 Å². The van der Waals surface area contributed by atoms with Crippen LogP contribution in [0.3, 0.4) is 0 Å². The van der Waals surface area contributed by atoms with Crippen LogP contribution in [0.5, 0.6) is 0 Å². The van der Waals surface area contributed by atoms with Crippen LogP contribution in [0.1, 0.15) is 5.56 Å². The molecule has 0 radical (unpaired) electrons. The predicted molar refractivity (Wildman–Crippen MR) is 67.1 cm³/mol. The fourth-order valence-corrected chi connectivity index (χ4v) is 2.77. The molecule has 2 rings (SSSR count). The van der Waals surface area contributed by atoms with Crippen molar-refractivity contribution in [3.8, 4) is 0 Å². The van der Waals surface area contributed by atoms with Crippen molar-refractivity contribution in [2.75, 3.05) is 11.6 Å². The quantitative estimate of drug-likeness (QED) is 0.844. The second-order valence-corrected chi connectivity index (χ2v) is 4.84. The van der Waals surface area contributed by atoms with Crippen LogP contribution in [0, 0.1) is 0 Å². The monoisotopic (exact) mass is 267 g/mol. The summed E-state index contributed by atoms with van der Waals surface area (Å²) in [5, 5.41) is 11.7. The summed E-state index contributed by atoms with van der Waals surface area (Å²) in [5.41, 5.74) is 0.879. The molecule has 1 aliphatic heterocycles. The highest BCUT2D eigenvalue weighted by Crippen LogP contribution is 2.20. The number of hydrogen-bond acceptors (Lipinski definition) is 4. The molecule has 1 aliphatic rings. The average molecular weight is 267 g/mol. The van der Waals surface area contributed by atoms with Crippen LogP contribution in [-0.2, 0) is 11.3 Å². The van der Waals surface area contributed by atoms with Gasteiger partial charge in [-0.25, -0.2) is 9.59 Å². The lowest BCUT2D eigenvalue weighted by molar-refractivity contribution is -0.140. The summed E-state index contributed by atoms with van der Waals surface area (Å²) in [5.74, 6) is -0.109. The summed E-state index contributed by atoms with van der Waals surface area (Å²) < 4.78 is 0. The number of aliphatic carboxylic acids is 1. The molecule has 0 aliphatic carbocycles. The van der Waals surface area contributed by atoms with Crippen LogP contribution in [0.15, 0.2) is 24.5 Å². The first-order valence-electron chi connectivity index (χ1n) is 5.42. The summed E-state index contributed by atoms with van der Waals surface area (Å²) in [7, 11) is 0. The van der Waals surface area contributed by atoms with Gasteiger partial charge in [0.1, 0.15) is 6.04 Å². The maximum Gasteiger partial charge on any atom is 0.327 e. The Hall–Kier alpha value is -1.76. The zero-order chi connectivity index (χ0) is 13.0. The van der Waals surface area contributed by atoms with Gasteiger partial charge in [0.25, 0.3) is 0 Å². The van der Waals surface area contributed by atoms with E-state index in [9.17, 15) is 9.59 Å². The number of nitrogens with one attached hydrogen (secondary N) is 1. The maximum absolute atomic E-state index is 11.9. The summed E-state index contributed by atoms with van der Waals surface area (Å²) in [6.07, 6.45) is 3.32. The standard InChI is InChI=1S/C11H13N3O3S/c15-10(16)9-6-18-7-14(9)11(17)13-5-8-2-1-3-12-4-8/h1-4,9H,5-7H2,(H,13,17)(H,15,16). The lowest BCUT2D eigenvalue weighted by Crippen LogP contribution is -2.46. The van der Waals surface area contributed by atoms with Crippen molar-refractivity contribution in [3.63, 3.8) is 0 Å². The maximum atomic E-state index is 11.9. The second-order valence-electron chi connectivity index (χ2n) is 3.84. The van der Waals surface area contributed by atoms with E-state index in [2.05, 4.69) is 10.3 Å². The largest absolute Gasteiger partial charge is 0.480 e. The summed E-state index contributed by atoms with van der Waals surface area (Å²) in [6, 6.07) is 2.55. The third-order valence-electron chi connectivity index (χ3n) is 2.59. The number of hydrogen-bond donors (Lipinski definition) is 2. The van der Waals surface area contributed by atoms with Crippen LogP contribution < -0.4 is 5.32 Å². The van der Waals surface area contributed by atoms with E-state index in [1.54, 1.807) is 18.5 Å². The molecule has 0 spiro atoms. The number of carbonyl (C=O) groups is 2. The van der Waals surface area contributed by atoms with Gasteiger partial charge in [0.05, 0.1) is 5.88 Å². The number of carboxylic acid groups (broad SMARTS) is 1. The molecule has 0 bridgehead atoms. The van der Waals surface area contributed by atoms with E-state index in [0.717, 1.165) is 5.56 Å². The van der Waals surface area contributed by atoms with Crippen molar-refractivity contribution in [3.05, 3.63) is 30.1 Å². The van der Waals surface area contributed by atoms with Crippen LogP contribution in [0.2, 0.25) is 0 Å². The number of nitrogens with zero attached hydrogens (tertiary/aromatic N) is 2. The van der Waals surface area contributed by atoms with Gasteiger partial charge in [-0.3, -0.25) is 4.98 Å². The first-order valence-corrected chi connectivity index (χ1v) is 6.58. The van der Waals surface area contributed by atoms with Crippen molar-refractivity contribution >= 4 is 23.8 Å². The number of aromatic nitrogens is 1. The topological polar surface area (TPSA) is 82.5 Å². The Morgan fingerprint density at radius 2 is 2.44 bits per heavy atom. The van der Waals surface area contributed by atoms with Crippen LogP contribution in [-0.4, -0.2) is 44.7 Å². The van der Waals surface area contributed by atoms with Gasteiger partial charge in [0.15, 0.2) is 0 Å². The van der Waals surface area contributed by atoms with Crippen LogP contribution in [0.25, 0.3) is 0 Å². The first-order chi connectivity index (χ1) is 8.68. The fraction of sp³-hybridized carbons (Fsp3) is 0.364. The van der Waals surface area contributed by atoms with Crippen LogP contribution >= 0.6 is 11.8 Å². The molecule has 18 heavy (non-hydrogen) atoms.